The van der Waals surface area contributed by atoms with Crippen LogP contribution in [0.5, 0.6) is 0 Å². The number of fused-ring (bicyclic) bond motifs is 2. The van der Waals surface area contributed by atoms with E-state index in [1.807, 2.05) is 34.3 Å². The molecule has 2 aliphatic rings. The molecule has 0 aliphatic carbocycles. The average Bonchev–Trinajstić information content (AvgIpc) is 3.14. The van der Waals surface area contributed by atoms with Crippen LogP contribution in [0.3, 0.4) is 0 Å². The van der Waals surface area contributed by atoms with Gasteiger partial charge in [-0.15, -0.1) is 10.2 Å². The lowest BCUT2D eigenvalue weighted by molar-refractivity contribution is 0.100. The van der Waals surface area contributed by atoms with Gasteiger partial charge in [0.25, 0.3) is 0 Å². The van der Waals surface area contributed by atoms with Crippen LogP contribution >= 0.6 is 0 Å². The summed E-state index contributed by atoms with van der Waals surface area (Å²) in [5.41, 5.74) is 2.79. The maximum absolute atomic E-state index is 11.4. The van der Waals surface area contributed by atoms with Crippen LogP contribution in [-0.4, -0.2) is 77.6 Å². The highest BCUT2D eigenvalue weighted by Crippen LogP contribution is 2.18. The van der Waals surface area contributed by atoms with Gasteiger partial charge in [-0.25, -0.2) is 0 Å². The van der Waals surface area contributed by atoms with Crippen LogP contribution in [0.15, 0.2) is 69.2 Å². The van der Waals surface area contributed by atoms with E-state index in [2.05, 4.69) is 30.5 Å². The molecule has 2 aliphatic heterocycles. The molecule has 2 saturated heterocycles. The first kappa shape index (κ1) is 22.7. The Kier molecular flexibility index (Phi) is 7.16. The van der Waals surface area contributed by atoms with Gasteiger partial charge in [0.2, 0.25) is 0 Å². The summed E-state index contributed by atoms with van der Waals surface area (Å²) in [6.45, 7) is 8.47. The fourth-order valence-corrected chi connectivity index (χ4v) is 3.67. The van der Waals surface area contributed by atoms with E-state index in [1.54, 1.807) is 38.1 Å². The molecule has 2 unspecified atom stereocenters. The molecule has 2 heterocycles. The molecule has 0 amide bonds. The molecule has 0 saturated carbocycles. The Morgan fingerprint density at radius 1 is 0.606 bits per heavy atom. The predicted octanol–water partition coefficient (Wildman–Crippen LogP) is 3.90. The quantitative estimate of drug-likeness (QED) is 0.491. The fourth-order valence-electron chi connectivity index (χ4n) is 3.67. The van der Waals surface area contributed by atoms with Gasteiger partial charge in [-0.05, 0) is 62.4 Å². The van der Waals surface area contributed by atoms with Gasteiger partial charge < -0.3 is 0 Å². The zero-order valence-electron chi connectivity index (χ0n) is 19.0. The van der Waals surface area contributed by atoms with Crippen molar-refractivity contribution in [3.8, 4) is 0 Å². The number of carbonyl (C=O) groups is 2. The zero-order valence-corrected chi connectivity index (χ0v) is 19.0. The van der Waals surface area contributed by atoms with Gasteiger partial charge >= 0.3 is 0 Å². The van der Waals surface area contributed by atoms with Crippen LogP contribution in [0.2, 0.25) is 0 Å². The van der Waals surface area contributed by atoms with E-state index >= 15 is 0 Å². The number of carbonyl (C=O) groups excluding carboxylic acids is 2. The Balaban J connectivity index is 1.32. The monoisotopic (exact) mass is 448 g/mol. The van der Waals surface area contributed by atoms with Gasteiger partial charge in [0.1, 0.15) is 0 Å². The molecule has 33 heavy (non-hydrogen) atoms. The fraction of sp³-hybridized carbons (Fsp3) is 0.391. The molecule has 172 valence electrons. The van der Waals surface area contributed by atoms with Gasteiger partial charge in [-0.3, -0.25) is 29.4 Å². The maximum atomic E-state index is 11.4. The molecule has 0 spiro atoms. The van der Waals surface area contributed by atoms with Gasteiger partial charge in [0, 0.05) is 24.2 Å². The Morgan fingerprint density at radius 3 is 1.36 bits per heavy atom. The first-order chi connectivity index (χ1) is 16.0. The van der Waals surface area contributed by atoms with Gasteiger partial charge in [-0.2, -0.15) is 0 Å². The second-order valence-corrected chi connectivity index (χ2v) is 8.26. The van der Waals surface area contributed by atoms with Crippen LogP contribution in [0.1, 0.15) is 34.6 Å². The highest BCUT2D eigenvalue weighted by Gasteiger charge is 2.25. The molecule has 10 nitrogen and oxygen atoms in total. The predicted molar refractivity (Wildman–Crippen MR) is 123 cm³/mol. The summed E-state index contributed by atoms with van der Waals surface area (Å²) in [5, 5.41) is 21.4. The molecular weight excluding hydrogens is 420 g/mol. The third-order valence-electron chi connectivity index (χ3n) is 5.60. The molecular formula is C23H28N8O2. The van der Waals surface area contributed by atoms with E-state index in [4.69, 9.17) is 0 Å². The highest BCUT2D eigenvalue weighted by atomic mass is 16.1. The second kappa shape index (κ2) is 10.4. The number of rotatable bonds is 6. The number of hydrogen-bond acceptors (Lipinski definition) is 8. The molecule has 2 atom stereocenters. The standard InChI is InChI=1S/C23H28N8O2/c1-18(32)20-3-7-22(8-4-20)24-26-30-13-11-29-15-28(16-30)12-14-31(17-29)27-25-23-9-5-21(6-10-23)19(2)33/h3-10H,11-17H2,1-2H3. The summed E-state index contributed by atoms with van der Waals surface area (Å²) in [7, 11) is 0. The summed E-state index contributed by atoms with van der Waals surface area (Å²) in [6.07, 6.45) is 0. The molecule has 2 bridgehead atoms. The topological polar surface area (TPSA) is 96.5 Å². The van der Waals surface area contributed by atoms with E-state index in [0.717, 1.165) is 44.2 Å². The first-order valence-corrected chi connectivity index (χ1v) is 11.0. The second-order valence-electron chi connectivity index (χ2n) is 8.26. The SMILES string of the molecule is CC(=O)c1ccc(N=NN2CCN3CN(CCN(N=Nc4ccc(C(C)=O)cc4)C3)C2)cc1. The molecule has 2 aromatic rings. The normalized spacial score (nSPS) is 21.3. The average molecular weight is 449 g/mol. The number of ketones is 2. The maximum Gasteiger partial charge on any atom is 0.159 e. The van der Waals surface area contributed by atoms with Gasteiger partial charge in [0.15, 0.2) is 11.6 Å². The summed E-state index contributed by atoms with van der Waals surface area (Å²) in [6, 6.07) is 14.3. The lowest BCUT2D eigenvalue weighted by atomic mass is 10.1. The smallest absolute Gasteiger partial charge is 0.159 e. The van der Waals surface area contributed by atoms with E-state index in [0.29, 0.717) is 24.5 Å². The van der Waals surface area contributed by atoms with E-state index < -0.39 is 0 Å². The van der Waals surface area contributed by atoms with Crippen molar-refractivity contribution in [3.05, 3.63) is 59.7 Å². The van der Waals surface area contributed by atoms with E-state index in [9.17, 15) is 9.59 Å². The molecule has 2 aromatic carbocycles. The number of benzene rings is 2. The lowest BCUT2D eigenvalue weighted by Gasteiger charge is -2.24. The van der Waals surface area contributed by atoms with Crippen molar-refractivity contribution in [1.29, 1.82) is 0 Å². The Hall–Kier alpha value is -3.50. The van der Waals surface area contributed by atoms with Crippen molar-refractivity contribution < 1.29 is 9.59 Å². The van der Waals surface area contributed by atoms with Gasteiger partial charge in [-0.1, -0.05) is 10.4 Å². The molecule has 0 N–H and O–H groups in total. The number of nitrogens with zero attached hydrogens (tertiary/aromatic N) is 8. The van der Waals surface area contributed by atoms with Crippen molar-refractivity contribution in [1.82, 2.24) is 19.8 Å². The Morgan fingerprint density at radius 2 is 1.00 bits per heavy atom. The van der Waals surface area contributed by atoms with E-state index in [-0.39, 0.29) is 11.6 Å². The highest BCUT2D eigenvalue weighted by molar-refractivity contribution is 5.94. The Bertz CT molecular complexity index is 952. The minimum absolute atomic E-state index is 0.0377. The third-order valence-corrected chi connectivity index (χ3v) is 5.60. The van der Waals surface area contributed by atoms with Crippen molar-refractivity contribution in [2.24, 2.45) is 20.7 Å². The molecule has 10 heteroatoms. The van der Waals surface area contributed by atoms with E-state index in [1.165, 1.54) is 0 Å². The molecule has 4 rings (SSSR count). The third kappa shape index (κ3) is 6.27. The van der Waals surface area contributed by atoms with Crippen molar-refractivity contribution in [2.45, 2.75) is 13.8 Å². The van der Waals surface area contributed by atoms with Crippen LogP contribution < -0.4 is 0 Å². The van der Waals surface area contributed by atoms with Crippen LogP contribution in [-0.2, 0) is 0 Å². The Labute approximate surface area is 193 Å². The zero-order chi connectivity index (χ0) is 23.2. The number of hydrogen-bond donors (Lipinski definition) is 0. The minimum atomic E-state index is 0.0377. The summed E-state index contributed by atoms with van der Waals surface area (Å²) in [4.78, 5) is 27.4. The molecule has 0 aromatic heterocycles. The summed E-state index contributed by atoms with van der Waals surface area (Å²) in [5.74, 6) is 0.0753. The van der Waals surface area contributed by atoms with Crippen LogP contribution in [0, 0.1) is 0 Å². The van der Waals surface area contributed by atoms with Crippen LogP contribution in [0.25, 0.3) is 0 Å². The lowest BCUT2D eigenvalue weighted by Crippen LogP contribution is -2.36. The summed E-state index contributed by atoms with van der Waals surface area (Å²) >= 11 is 0. The molecule has 0 radical (unpaired) electrons. The number of Topliss-reactive ketones (excluding diaryl/α,β-unsaturated/α-hetero) is 2. The first-order valence-electron chi connectivity index (χ1n) is 11.0. The van der Waals surface area contributed by atoms with Gasteiger partial charge in [0.05, 0.1) is 44.5 Å². The van der Waals surface area contributed by atoms with Crippen LogP contribution in [0.4, 0.5) is 11.4 Å². The molecule has 2 fully saturated rings. The van der Waals surface area contributed by atoms with Crippen molar-refractivity contribution in [2.75, 3.05) is 46.2 Å². The van der Waals surface area contributed by atoms with Crippen molar-refractivity contribution >= 4 is 22.9 Å². The minimum Gasteiger partial charge on any atom is -0.295 e. The van der Waals surface area contributed by atoms with Crippen molar-refractivity contribution in [3.63, 3.8) is 0 Å². The summed E-state index contributed by atoms with van der Waals surface area (Å²) < 4.78 is 0. The largest absolute Gasteiger partial charge is 0.295 e.